The molecule has 0 radical (unpaired) electrons. The third-order valence-corrected chi connectivity index (χ3v) is 5.90. The largest absolute Gasteiger partial charge is 0.396 e. The van der Waals surface area contributed by atoms with E-state index >= 15 is 0 Å². The van der Waals surface area contributed by atoms with Crippen LogP contribution < -0.4 is 0 Å². The van der Waals surface area contributed by atoms with Gasteiger partial charge < -0.3 is 5.11 Å². The van der Waals surface area contributed by atoms with Gasteiger partial charge in [-0.1, -0.05) is 28.1 Å². The molecule has 5 heteroatoms. The number of hydrogen-bond donors (Lipinski definition) is 1. The summed E-state index contributed by atoms with van der Waals surface area (Å²) in [5, 5.41) is 9.47. The van der Waals surface area contributed by atoms with Gasteiger partial charge in [-0.25, -0.2) is 8.42 Å². The van der Waals surface area contributed by atoms with Crippen LogP contribution in [-0.4, -0.2) is 31.6 Å². The highest BCUT2D eigenvalue weighted by atomic mass is 79.9. The molecule has 1 aliphatic rings. The molecular formula is C13H17BrO3S. The molecule has 0 aromatic heterocycles. The highest BCUT2D eigenvalue weighted by Gasteiger charge is 2.33. The predicted octanol–water partition coefficient (Wildman–Crippen LogP) is 2.03. The molecule has 1 heterocycles. The molecule has 1 aromatic carbocycles. The number of sulfone groups is 1. The lowest BCUT2D eigenvalue weighted by Gasteiger charge is -2.20. The monoisotopic (exact) mass is 332 g/mol. The van der Waals surface area contributed by atoms with Gasteiger partial charge in [0, 0.05) is 11.1 Å². The van der Waals surface area contributed by atoms with Gasteiger partial charge in [-0.05, 0) is 42.4 Å². The van der Waals surface area contributed by atoms with Crippen molar-refractivity contribution in [3.63, 3.8) is 0 Å². The fourth-order valence-corrected chi connectivity index (χ4v) is 4.68. The van der Waals surface area contributed by atoms with E-state index in [1.54, 1.807) is 0 Å². The highest BCUT2D eigenvalue weighted by molar-refractivity contribution is 9.10. The summed E-state index contributed by atoms with van der Waals surface area (Å²) >= 11 is 3.38. The molecule has 2 rings (SSSR count). The Hall–Kier alpha value is -0.390. The maximum atomic E-state index is 11.5. The number of aliphatic hydroxyl groups is 1. The van der Waals surface area contributed by atoms with E-state index < -0.39 is 9.84 Å². The van der Waals surface area contributed by atoms with E-state index in [-0.39, 0.29) is 29.9 Å². The van der Waals surface area contributed by atoms with E-state index in [9.17, 15) is 13.5 Å². The predicted molar refractivity (Wildman–Crippen MR) is 75.2 cm³/mol. The van der Waals surface area contributed by atoms with Gasteiger partial charge >= 0.3 is 0 Å². The molecule has 2 unspecified atom stereocenters. The summed E-state index contributed by atoms with van der Waals surface area (Å²) < 4.78 is 24.0. The molecule has 1 aliphatic heterocycles. The lowest BCUT2D eigenvalue weighted by Crippen LogP contribution is -2.22. The second-order valence-corrected chi connectivity index (χ2v) is 8.08. The molecule has 0 aliphatic carbocycles. The second kappa shape index (κ2) is 5.72. The molecule has 1 fully saturated rings. The Morgan fingerprint density at radius 2 is 2.00 bits per heavy atom. The fourth-order valence-electron chi connectivity index (χ4n) is 2.50. The maximum Gasteiger partial charge on any atom is 0.150 e. The Labute approximate surface area is 116 Å². The SMILES string of the molecule is O=S1(=O)CCC(C(CO)Cc2ccc(Br)cc2)C1. The Morgan fingerprint density at radius 1 is 1.33 bits per heavy atom. The number of rotatable bonds is 4. The van der Waals surface area contributed by atoms with Crippen LogP contribution in [-0.2, 0) is 16.3 Å². The minimum atomic E-state index is -2.87. The van der Waals surface area contributed by atoms with Crippen LogP contribution in [0.1, 0.15) is 12.0 Å². The normalized spacial score (nSPS) is 24.0. The zero-order valence-electron chi connectivity index (χ0n) is 10.0. The molecule has 0 bridgehead atoms. The van der Waals surface area contributed by atoms with E-state index in [1.165, 1.54) is 0 Å². The van der Waals surface area contributed by atoms with E-state index in [0.29, 0.717) is 6.42 Å². The lowest BCUT2D eigenvalue weighted by atomic mass is 9.87. The Morgan fingerprint density at radius 3 is 2.50 bits per heavy atom. The van der Waals surface area contributed by atoms with E-state index in [1.807, 2.05) is 24.3 Å². The van der Waals surface area contributed by atoms with Gasteiger partial charge in [0.2, 0.25) is 0 Å². The first-order valence-corrected chi connectivity index (χ1v) is 8.67. The second-order valence-electron chi connectivity index (χ2n) is 4.94. The summed E-state index contributed by atoms with van der Waals surface area (Å²) in [6, 6.07) is 7.96. The molecule has 0 saturated carbocycles. The van der Waals surface area contributed by atoms with Gasteiger partial charge in [0.15, 0.2) is 9.84 Å². The summed E-state index contributed by atoms with van der Waals surface area (Å²) in [5.74, 6) is 0.649. The molecule has 0 spiro atoms. The van der Waals surface area contributed by atoms with Crippen molar-refractivity contribution in [3.8, 4) is 0 Å². The van der Waals surface area contributed by atoms with E-state index in [2.05, 4.69) is 15.9 Å². The molecule has 1 N–H and O–H groups in total. The van der Waals surface area contributed by atoms with Gasteiger partial charge in [0.25, 0.3) is 0 Å². The third kappa shape index (κ3) is 3.56. The highest BCUT2D eigenvalue weighted by Crippen LogP contribution is 2.28. The first kappa shape index (κ1) is 14.0. The summed E-state index contributed by atoms with van der Waals surface area (Å²) in [4.78, 5) is 0. The number of halogens is 1. The molecule has 100 valence electrons. The topological polar surface area (TPSA) is 54.4 Å². The van der Waals surface area contributed by atoms with Crippen molar-refractivity contribution in [1.82, 2.24) is 0 Å². The summed E-state index contributed by atoms with van der Waals surface area (Å²) in [5.41, 5.74) is 1.14. The van der Waals surface area contributed by atoms with Crippen LogP contribution in [0.25, 0.3) is 0 Å². The summed E-state index contributed by atoms with van der Waals surface area (Å²) in [7, 11) is -2.87. The first-order chi connectivity index (χ1) is 8.50. The fraction of sp³-hybridized carbons (Fsp3) is 0.538. The minimum absolute atomic E-state index is 0.0449. The average molecular weight is 333 g/mol. The molecule has 3 nitrogen and oxygen atoms in total. The molecule has 2 atom stereocenters. The number of aliphatic hydroxyl groups excluding tert-OH is 1. The van der Waals surface area contributed by atoms with Crippen molar-refractivity contribution in [2.75, 3.05) is 18.1 Å². The van der Waals surface area contributed by atoms with Gasteiger partial charge in [-0.15, -0.1) is 0 Å². The van der Waals surface area contributed by atoms with Crippen LogP contribution in [0.15, 0.2) is 28.7 Å². The lowest BCUT2D eigenvalue weighted by molar-refractivity contribution is 0.184. The van der Waals surface area contributed by atoms with Crippen LogP contribution in [0.5, 0.6) is 0 Å². The van der Waals surface area contributed by atoms with Crippen molar-refractivity contribution in [3.05, 3.63) is 34.3 Å². The van der Waals surface area contributed by atoms with Crippen LogP contribution in [0, 0.1) is 11.8 Å². The van der Waals surface area contributed by atoms with Gasteiger partial charge in [-0.2, -0.15) is 0 Å². The minimum Gasteiger partial charge on any atom is -0.396 e. The maximum absolute atomic E-state index is 11.5. The van der Waals surface area contributed by atoms with Crippen LogP contribution >= 0.6 is 15.9 Å². The Kier molecular flexibility index (Phi) is 4.45. The standard InChI is InChI=1S/C13H17BrO3S/c14-13-3-1-10(2-4-13)7-12(8-15)11-5-6-18(16,17)9-11/h1-4,11-12,15H,5-9H2. The van der Waals surface area contributed by atoms with Crippen molar-refractivity contribution in [1.29, 1.82) is 0 Å². The molecule has 1 aromatic rings. The molecule has 1 saturated heterocycles. The average Bonchev–Trinajstić information content (AvgIpc) is 2.69. The molecular weight excluding hydrogens is 316 g/mol. The number of hydrogen-bond acceptors (Lipinski definition) is 3. The molecule has 18 heavy (non-hydrogen) atoms. The van der Waals surface area contributed by atoms with E-state index in [0.717, 1.165) is 16.5 Å². The Balaban J connectivity index is 2.04. The quantitative estimate of drug-likeness (QED) is 0.917. The van der Waals surface area contributed by atoms with Crippen LogP contribution in [0.4, 0.5) is 0 Å². The van der Waals surface area contributed by atoms with Gasteiger partial charge in [-0.3, -0.25) is 0 Å². The van der Waals surface area contributed by atoms with E-state index in [4.69, 9.17) is 0 Å². The smallest absolute Gasteiger partial charge is 0.150 e. The zero-order chi connectivity index (χ0) is 13.2. The summed E-state index contributed by atoms with van der Waals surface area (Å²) in [6.07, 6.45) is 1.42. The van der Waals surface area contributed by atoms with Crippen molar-refractivity contribution in [2.24, 2.45) is 11.8 Å². The van der Waals surface area contributed by atoms with Crippen molar-refractivity contribution in [2.45, 2.75) is 12.8 Å². The Bertz CT molecular complexity index is 495. The molecule has 0 amide bonds. The summed E-state index contributed by atoms with van der Waals surface area (Å²) in [6.45, 7) is 0.0518. The van der Waals surface area contributed by atoms with Gasteiger partial charge in [0.05, 0.1) is 11.5 Å². The number of benzene rings is 1. The first-order valence-electron chi connectivity index (χ1n) is 6.06. The van der Waals surface area contributed by atoms with Crippen LogP contribution in [0.2, 0.25) is 0 Å². The zero-order valence-corrected chi connectivity index (χ0v) is 12.5. The van der Waals surface area contributed by atoms with Gasteiger partial charge in [0.1, 0.15) is 0 Å². The third-order valence-electron chi connectivity index (χ3n) is 3.58. The van der Waals surface area contributed by atoms with Crippen LogP contribution in [0.3, 0.4) is 0 Å². The van der Waals surface area contributed by atoms with Crippen molar-refractivity contribution >= 4 is 25.8 Å². The van der Waals surface area contributed by atoms with Crippen molar-refractivity contribution < 1.29 is 13.5 Å².